The van der Waals surface area contributed by atoms with E-state index in [2.05, 4.69) is 10.9 Å². The van der Waals surface area contributed by atoms with E-state index in [0.717, 1.165) is 4.90 Å². The Labute approximate surface area is 166 Å². The molecule has 2 aromatic carbocycles. The molecule has 0 bridgehead atoms. The first-order valence-corrected chi connectivity index (χ1v) is 9.29. The summed E-state index contributed by atoms with van der Waals surface area (Å²) in [7, 11) is 4.36. The average molecular weight is 411 g/mol. The number of benzene rings is 2. The molecule has 0 saturated carbocycles. The van der Waals surface area contributed by atoms with Gasteiger partial charge in [0.15, 0.2) is 11.5 Å². The lowest BCUT2D eigenvalue weighted by atomic mass is 10.1. The molecular weight excluding hydrogens is 392 g/mol. The normalized spacial score (nSPS) is 10.1. The third-order valence-electron chi connectivity index (χ3n) is 3.63. The Kier molecular flexibility index (Phi) is 7.20. The van der Waals surface area contributed by atoms with Gasteiger partial charge in [-0.05, 0) is 36.6 Å². The lowest BCUT2D eigenvalue weighted by molar-refractivity contribution is 0.0846. The van der Waals surface area contributed by atoms with Crippen LogP contribution in [0.2, 0.25) is 5.02 Å². The Balaban J connectivity index is 2.17. The molecule has 0 atom stereocenters. The largest absolute Gasteiger partial charge is 0.493 e. The summed E-state index contributed by atoms with van der Waals surface area (Å²) in [6.45, 7) is 0. The van der Waals surface area contributed by atoms with Crippen molar-refractivity contribution < 1.29 is 23.8 Å². The molecule has 7 nitrogen and oxygen atoms in total. The number of methoxy groups -OCH3 is 3. The second kappa shape index (κ2) is 9.38. The third-order valence-corrected chi connectivity index (χ3v) is 4.69. The van der Waals surface area contributed by atoms with Crippen LogP contribution in [0.5, 0.6) is 17.2 Å². The van der Waals surface area contributed by atoms with Crippen molar-refractivity contribution in [3.05, 3.63) is 46.5 Å². The van der Waals surface area contributed by atoms with Gasteiger partial charge in [0, 0.05) is 10.5 Å². The van der Waals surface area contributed by atoms with Crippen molar-refractivity contribution in [2.24, 2.45) is 0 Å². The van der Waals surface area contributed by atoms with E-state index < -0.39 is 11.8 Å². The fourth-order valence-electron chi connectivity index (χ4n) is 2.27. The maximum absolute atomic E-state index is 12.4. The van der Waals surface area contributed by atoms with Crippen LogP contribution in [0.1, 0.15) is 20.7 Å². The predicted molar refractivity (Wildman–Crippen MR) is 104 cm³/mol. The van der Waals surface area contributed by atoms with E-state index >= 15 is 0 Å². The van der Waals surface area contributed by atoms with E-state index in [1.54, 1.807) is 18.2 Å². The molecular formula is C18H19ClN2O5S. The number of hydrogen-bond donors (Lipinski definition) is 2. The van der Waals surface area contributed by atoms with E-state index in [1.807, 2.05) is 6.26 Å². The monoisotopic (exact) mass is 410 g/mol. The molecule has 9 heteroatoms. The van der Waals surface area contributed by atoms with Crippen molar-refractivity contribution in [2.75, 3.05) is 27.6 Å². The number of rotatable bonds is 6. The molecule has 2 N–H and O–H groups in total. The summed E-state index contributed by atoms with van der Waals surface area (Å²) in [5.74, 6) is -0.0780. The molecule has 144 valence electrons. The highest BCUT2D eigenvalue weighted by molar-refractivity contribution is 7.98. The van der Waals surface area contributed by atoms with Crippen LogP contribution in [-0.2, 0) is 0 Å². The fourth-order valence-corrected chi connectivity index (χ4v) is 2.91. The van der Waals surface area contributed by atoms with Crippen molar-refractivity contribution >= 4 is 35.2 Å². The van der Waals surface area contributed by atoms with Gasteiger partial charge in [0.25, 0.3) is 11.8 Å². The quantitative estimate of drug-likeness (QED) is 0.562. The minimum Gasteiger partial charge on any atom is -0.493 e. The van der Waals surface area contributed by atoms with E-state index in [0.29, 0.717) is 17.2 Å². The first-order chi connectivity index (χ1) is 12.9. The van der Waals surface area contributed by atoms with Crippen LogP contribution in [0, 0.1) is 0 Å². The Bertz CT molecular complexity index is 835. The zero-order valence-corrected chi connectivity index (χ0v) is 16.8. The summed E-state index contributed by atoms with van der Waals surface area (Å²) < 4.78 is 15.6. The van der Waals surface area contributed by atoms with Crippen LogP contribution in [-0.4, -0.2) is 39.4 Å². The van der Waals surface area contributed by atoms with Crippen LogP contribution in [0.4, 0.5) is 0 Å². The molecule has 2 amide bonds. The number of hydrazine groups is 1. The lowest BCUT2D eigenvalue weighted by Crippen LogP contribution is -2.41. The number of amides is 2. The summed E-state index contributed by atoms with van der Waals surface area (Å²) in [6.07, 6.45) is 1.89. The predicted octanol–water partition coefficient (Wildman–Crippen LogP) is 3.16. The van der Waals surface area contributed by atoms with Crippen molar-refractivity contribution in [1.82, 2.24) is 10.9 Å². The van der Waals surface area contributed by atoms with Crippen LogP contribution in [0.15, 0.2) is 35.2 Å². The van der Waals surface area contributed by atoms with Crippen LogP contribution in [0.3, 0.4) is 0 Å². The van der Waals surface area contributed by atoms with Crippen LogP contribution >= 0.6 is 23.4 Å². The number of thioether (sulfide) groups is 1. The Morgan fingerprint density at radius 3 is 2.04 bits per heavy atom. The SMILES string of the molecule is COc1cc(C(=O)NNC(=O)c2cc(SC)ccc2Cl)cc(OC)c1OC. The Morgan fingerprint density at radius 2 is 1.52 bits per heavy atom. The molecule has 0 aliphatic heterocycles. The zero-order valence-electron chi connectivity index (χ0n) is 15.2. The molecule has 0 aromatic heterocycles. The van der Waals surface area contributed by atoms with Gasteiger partial charge in [-0.2, -0.15) is 0 Å². The molecule has 0 radical (unpaired) electrons. The van der Waals surface area contributed by atoms with Crippen molar-refractivity contribution in [1.29, 1.82) is 0 Å². The lowest BCUT2D eigenvalue weighted by Gasteiger charge is -2.14. The minimum absolute atomic E-state index is 0.216. The molecule has 2 aromatic rings. The molecule has 0 saturated heterocycles. The van der Waals surface area contributed by atoms with Crippen LogP contribution < -0.4 is 25.1 Å². The highest BCUT2D eigenvalue weighted by Crippen LogP contribution is 2.38. The molecule has 0 unspecified atom stereocenters. The van der Waals surface area contributed by atoms with E-state index in [1.165, 1.54) is 45.2 Å². The summed E-state index contributed by atoms with van der Waals surface area (Å²) in [5, 5.41) is 0.285. The molecule has 0 aliphatic carbocycles. The first-order valence-electron chi connectivity index (χ1n) is 7.69. The second-order valence-electron chi connectivity index (χ2n) is 5.17. The molecule has 27 heavy (non-hydrogen) atoms. The van der Waals surface area contributed by atoms with Gasteiger partial charge in [-0.25, -0.2) is 0 Å². The van der Waals surface area contributed by atoms with Gasteiger partial charge in [0.1, 0.15) is 0 Å². The van der Waals surface area contributed by atoms with Gasteiger partial charge in [0.05, 0.1) is 31.9 Å². The standard InChI is InChI=1S/C18H19ClN2O5S/c1-24-14-7-10(8-15(25-2)16(14)26-3)17(22)20-21-18(23)12-9-11(27-4)5-6-13(12)19/h5-9H,1-4H3,(H,20,22)(H,21,23). The van der Waals surface area contributed by atoms with Crippen LogP contribution in [0.25, 0.3) is 0 Å². The summed E-state index contributed by atoms with van der Waals surface area (Å²) in [5.41, 5.74) is 5.17. The van der Waals surface area contributed by atoms with E-state index in [4.69, 9.17) is 25.8 Å². The number of carbonyl (C=O) groups is 2. The summed E-state index contributed by atoms with van der Waals surface area (Å²) >= 11 is 7.54. The smallest absolute Gasteiger partial charge is 0.271 e. The molecule has 0 fully saturated rings. The van der Waals surface area contributed by atoms with Gasteiger partial charge in [-0.15, -0.1) is 11.8 Å². The number of hydrogen-bond acceptors (Lipinski definition) is 6. The number of nitrogens with one attached hydrogen (secondary N) is 2. The topological polar surface area (TPSA) is 85.9 Å². The van der Waals surface area contributed by atoms with Gasteiger partial charge >= 0.3 is 0 Å². The zero-order chi connectivity index (χ0) is 20.0. The van der Waals surface area contributed by atoms with Crippen molar-refractivity contribution in [2.45, 2.75) is 4.90 Å². The van der Waals surface area contributed by atoms with Crippen molar-refractivity contribution in [3.63, 3.8) is 0 Å². The first kappa shape index (κ1) is 20.7. The van der Waals surface area contributed by atoms with E-state index in [9.17, 15) is 9.59 Å². The minimum atomic E-state index is -0.556. The maximum atomic E-state index is 12.4. The molecule has 2 rings (SSSR count). The average Bonchev–Trinajstić information content (AvgIpc) is 2.70. The molecule has 0 aliphatic rings. The van der Waals surface area contributed by atoms with Crippen molar-refractivity contribution in [3.8, 4) is 17.2 Å². The number of carbonyl (C=O) groups excluding carboxylic acids is 2. The number of ether oxygens (including phenoxy) is 3. The Morgan fingerprint density at radius 1 is 0.926 bits per heavy atom. The fraction of sp³-hybridized carbons (Fsp3) is 0.222. The Hall–Kier alpha value is -2.58. The summed E-state index contributed by atoms with van der Waals surface area (Å²) in [4.78, 5) is 25.6. The van der Waals surface area contributed by atoms with Gasteiger partial charge in [-0.3, -0.25) is 20.4 Å². The number of halogens is 1. The van der Waals surface area contributed by atoms with E-state index in [-0.39, 0.29) is 16.1 Å². The molecule has 0 heterocycles. The molecule has 0 spiro atoms. The van der Waals surface area contributed by atoms with Gasteiger partial charge in [0.2, 0.25) is 5.75 Å². The third kappa shape index (κ3) is 4.78. The van der Waals surface area contributed by atoms with Gasteiger partial charge < -0.3 is 14.2 Å². The van der Waals surface area contributed by atoms with Gasteiger partial charge in [-0.1, -0.05) is 11.6 Å². The maximum Gasteiger partial charge on any atom is 0.271 e. The highest BCUT2D eigenvalue weighted by Gasteiger charge is 2.18. The second-order valence-corrected chi connectivity index (χ2v) is 6.45. The highest BCUT2D eigenvalue weighted by atomic mass is 35.5. The summed E-state index contributed by atoms with van der Waals surface area (Å²) in [6, 6.07) is 8.03.